The quantitative estimate of drug-likeness (QED) is 0.0611. The van der Waals surface area contributed by atoms with Crippen LogP contribution < -0.4 is 10.0 Å². The Morgan fingerprint density at radius 2 is 1.69 bits per heavy atom. The summed E-state index contributed by atoms with van der Waals surface area (Å²) in [6.45, 7) is 2.78. The fourth-order valence-electron chi connectivity index (χ4n) is 7.15. The number of hydrogen-bond donors (Lipinski definition) is 2. The van der Waals surface area contributed by atoms with Gasteiger partial charge in [0.25, 0.3) is 5.92 Å². The molecule has 0 radical (unpaired) electrons. The molecule has 3 unspecified atom stereocenters. The highest BCUT2D eigenvalue weighted by Gasteiger charge is 2.68. The number of nitrogens with zero attached hydrogens (tertiary/aromatic N) is 5. The summed E-state index contributed by atoms with van der Waals surface area (Å²) in [5.41, 5.74) is -5.90. The standard InChI is InChI=1S/C39H34ClF10N7O5S2/c1-6-7-22(10-11-36(2,3)63(4,59)60)51-31(23-8-9-26(40)30-32(23)57(18-37(43,44)45)54-35(30)55-64(5,61)62)27(14-19-12-20(41)15-21(42)13-19)52-28(58)17-56-34-29(33(53-56)39(48,49)50)24-16-25(24)38(34,46)47/h6-9,12-13,15,24-25,27H,1,14,16-18H2,2-5H3,(H,52,58)(H,54,55)/b22-7-,51-31+. The van der Waals surface area contributed by atoms with Crippen LogP contribution in [0.4, 0.5) is 49.7 Å². The van der Waals surface area contributed by atoms with E-state index in [1.54, 1.807) is 0 Å². The van der Waals surface area contributed by atoms with Gasteiger partial charge in [-0.3, -0.25) is 18.9 Å². The Kier molecular flexibility index (Phi) is 12.4. The van der Waals surface area contributed by atoms with Gasteiger partial charge in [0, 0.05) is 29.4 Å². The van der Waals surface area contributed by atoms with Gasteiger partial charge < -0.3 is 5.32 Å². The molecule has 2 aliphatic rings. The Balaban J connectivity index is 1.63. The molecule has 2 aromatic carbocycles. The lowest BCUT2D eigenvalue weighted by molar-refractivity contribution is -0.143. The minimum absolute atomic E-state index is 0.180. The molecule has 0 bridgehead atoms. The number of rotatable bonds is 13. The maximum absolute atomic E-state index is 15.5. The van der Waals surface area contributed by atoms with E-state index in [2.05, 4.69) is 38.9 Å². The molecule has 2 aromatic heterocycles. The van der Waals surface area contributed by atoms with Crippen LogP contribution in [0.25, 0.3) is 10.9 Å². The Morgan fingerprint density at radius 1 is 1.05 bits per heavy atom. The molecule has 344 valence electrons. The van der Waals surface area contributed by atoms with Crippen LogP contribution in [-0.2, 0) is 56.3 Å². The van der Waals surface area contributed by atoms with E-state index in [1.807, 2.05) is 4.72 Å². The summed E-state index contributed by atoms with van der Waals surface area (Å²) in [5, 5.41) is 8.70. The molecule has 12 nitrogen and oxygen atoms in total. The lowest BCUT2D eigenvalue weighted by Gasteiger charge is -2.24. The number of fused-ring (bicyclic) bond motifs is 4. The molecule has 1 saturated carbocycles. The molecular formula is C39H34ClF10N7O5S2. The lowest BCUT2D eigenvalue weighted by Crippen LogP contribution is -2.45. The number of carbonyl (C=O) groups is 1. The van der Waals surface area contributed by atoms with Crippen molar-refractivity contribution in [2.75, 3.05) is 17.2 Å². The van der Waals surface area contributed by atoms with Gasteiger partial charge in [-0.05, 0) is 74.4 Å². The van der Waals surface area contributed by atoms with Crippen molar-refractivity contribution >= 4 is 59.8 Å². The van der Waals surface area contributed by atoms with Gasteiger partial charge in [0.15, 0.2) is 21.3 Å². The third kappa shape index (κ3) is 10.1. The summed E-state index contributed by atoms with van der Waals surface area (Å²) in [5.74, 6) is -5.87. The zero-order valence-corrected chi connectivity index (χ0v) is 35.9. The van der Waals surface area contributed by atoms with Gasteiger partial charge in [-0.2, -0.15) is 45.3 Å². The summed E-state index contributed by atoms with van der Waals surface area (Å²) in [4.78, 5) is 18.6. The van der Waals surface area contributed by atoms with Crippen LogP contribution in [0.5, 0.6) is 0 Å². The zero-order chi connectivity index (χ0) is 47.7. The van der Waals surface area contributed by atoms with Gasteiger partial charge >= 0.3 is 12.4 Å². The van der Waals surface area contributed by atoms with Crippen LogP contribution >= 0.6 is 11.6 Å². The molecule has 0 spiro atoms. The van der Waals surface area contributed by atoms with Gasteiger partial charge in [-0.15, -0.1) is 0 Å². The number of amides is 1. The highest BCUT2D eigenvalue weighted by Crippen LogP contribution is 2.68. The van der Waals surface area contributed by atoms with Crippen LogP contribution in [0.1, 0.15) is 54.3 Å². The Labute approximate surface area is 363 Å². The molecule has 2 heterocycles. The van der Waals surface area contributed by atoms with E-state index in [4.69, 9.17) is 11.6 Å². The Morgan fingerprint density at radius 3 is 2.25 bits per heavy atom. The van der Waals surface area contributed by atoms with E-state index in [-0.39, 0.29) is 26.4 Å². The van der Waals surface area contributed by atoms with Crippen molar-refractivity contribution in [2.24, 2.45) is 10.9 Å². The fourth-order valence-corrected chi connectivity index (χ4v) is 8.12. The van der Waals surface area contributed by atoms with E-state index >= 15 is 8.78 Å². The van der Waals surface area contributed by atoms with Gasteiger partial charge in [0.2, 0.25) is 15.9 Å². The normalized spacial score (nSPS) is 18.2. The predicted octanol–water partition coefficient (Wildman–Crippen LogP) is 7.44. The summed E-state index contributed by atoms with van der Waals surface area (Å²) in [6.07, 6.45) is -7.56. The molecule has 25 heteroatoms. The smallest absolute Gasteiger partial charge is 0.346 e. The summed E-state index contributed by atoms with van der Waals surface area (Å²) >= 11 is 6.47. The maximum atomic E-state index is 15.5. The van der Waals surface area contributed by atoms with E-state index in [0.717, 1.165) is 42.7 Å². The summed E-state index contributed by atoms with van der Waals surface area (Å²) in [6, 6.07) is 2.31. The molecule has 0 saturated heterocycles. The molecule has 3 atom stereocenters. The van der Waals surface area contributed by atoms with Crippen molar-refractivity contribution in [2.45, 2.75) is 74.8 Å². The first-order chi connectivity index (χ1) is 29.3. The first-order valence-electron chi connectivity index (χ1n) is 18.5. The van der Waals surface area contributed by atoms with Crippen molar-refractivity contribution in [1.82, 2.24) is 24.9 Å². The Hall–Kier alpha value is -5.41. The minimum atomic E-state index is -5.21. The van der Waals surface area contributed by atoms with Crippen molar-refractivity contribution in [3.63, 3.8) is 0 Å². The minimum Gasteiger partial charge on any atom is -0.346 e. The van der Waals surface area contributed by atoms with Crippen LogP contribution in [0, 0.1) is 29.4 Å². The van der Waals surface area contributed by atoms with Gasteiger partial charge in [-0.25, -0.2) is 30.6 Å². The predicted molar refractivity (Wildman–Crippen MR) is 215 cm³/mol. The maximum Gasteiger partial charge on any atom is 0.435 e. The topological polar surface area (TPSA) is 157 Å². The molecule has 64 heavy (non-hydrogen) atoms. The number of hydrogen-bond acceptors (Lipinski definition) is 8. The van der Waals surface area contributed by atoms with Crippen LogP contribution in [0.3, 0.4) is 0 Å². The average molecular weight is 970 g/mol. The number of anilines is 1. The van der Waals surface area contributed by atoms with E-state index in [9.17, 15) is 56.8 Å². The molecule has 4 aromatic rings. The summed E-state index contributed by atoms with van der Waals surface area (Å²) < 4.78 is 196. The number of halogens is 11. The van der Waals surface area contributed by atoms with E-state index in [1.165, 1.54) is 13.8 Å². The van der Waals surface area contributed by atoms with Crippen LogP contribution in [-0.4, -0.2) is 77.5 Å². The van der Waals surface area contributed by atoms with Crippen LogP contribution in [0.15, 0.2) is 59.8 Å². The molecule has 0 aliphatic heterocycles. The van der Waals surface area contributed by atoms with E-state index in [0.29, 0.717) is 12.3 Å². The SMILES string of the molecule is C=C/C=C(C#CC(C)(C)S(C)(=O)=O)\N=C(/c1ccc(Cl)c2c(NS(C)(=O)=O)nn(CC(F)(F)F)c12)C(Cc1cc(F)cc(F)c1)NC(=O)Cn1nc(C(F)(F)F)c2c1C(F)(F)C1CC21. The molecule has 1 amide bonds. The highest BCUT2D eigenvalue weighted by molar-refractivity contribution is 7.92. The molecule has 1 fully saturated rings. The monoisotopic (exact) mass is 969 g/mol. The largest absolute Gasteiger partial charge is 0.435 e. The Bertz CT molecular complexity index is 2930. The highest BCUT2D eigenvalue weighted by atomic mass is 35.5. The van der Waals surface area contributed by atoms with Crippen molar-refractivity contribution in [1.29, 1.82) is 0 Å². The van der Waals surface area contributed by atoms with Gasteiger partial charge in [0.05, 0.1) is 33.9 Å². The lowest BCUT2D eigenvalue weighted by atomic mass is 9.94. The number of sulfone groups is 1. The second kappa shape index (κ2) is 16.5. The fraction of sp³-hybridized carbons (Fsp3) is 0.385. The van der Waals surface area contributed by atoms with Crippen molar-refractivity contribution in [3.8, 4) is 11.8 Å². The van der Waals surface area contributed by atoms with Gasteiger partial charge in [-0.1, -0.05) is 30.2 Å². The third-order valence-electron chi connectivity index (χ3n) is 10.2. The number of aliphatic imine (C=N–C) groups is 1. The first kappa shape index (κ1) is 48.1. The number of benzene rings is 2. The third-order valence-corrected chi connectivity index (χ3v) is 13.0. The van der Waals surface area contributed by atoms with Crippen molar-refractivity contribution in [3.05, 3.63) is 99.5 Å². The second-order valence-corrected chi connectivity index (χ2v) is 20.3. The number of sulfonamides is 1. The second-order valence-electron chi connectivity index (χ2n) is 15.6. The summed E-state index contributed by atoms with van der Waals surface area (Å²) in [7, 11) is -8.20. The molecular weight excluding hydrogens is 936 g/mol. The number of aromatic nitrogens is 4. The number of carbonyl (C=O) groups excluding carboxylic acids is 1. The van der Waals surface area contributed by atoms with E-state index < -0.39 is 148 Å². The molecule has 2 aliphatic carbocycles. The first-order valence-corrected chi connectivity index (χ1v) is 22.7. The van der Waals surface area contributed by atoms with Gasteiger partial charge in [0.1, 0.15) is 40.9 Å². The van der Waals surface area contributed by atoms with Crippen molar-refractivity contribution < 1.29 is 65.5 Å². The number of allylic oxidation sites excluding steroid dienone is 3. The molecule has 2 N–H and O–H groups in total. The van der Waals surface area contributed by atoms with Crippen LogP contribution in [0.2, 0.25) is 5.02 Å². The molecule has 6 rings (SSSR count). The number of nitrogens with one attached hydrogen (secondary N) is 2. The zero-order valence-electron chi connectivity index (χ0n) is 33.6. The average Bonchev–Trinajstić information content (AvgIpc) is 3.65. The number of alkyl halides is 8.